The summed E-state index contributed by atoms with van der Waals surface area (Å²) < 4.78 is 0. The van der Waals surface area contributed by atoms with Gasteiger partial charge in [-0.1, -0.05) is 85.3 Å². The van der Waals surface area contributed by atoms with Crippen molar-refractivity contribution in [1.82, 2.24) is 0 Å². The minimum absolute atomic E-state index is 0.392. The summed E-state index contributed by atoms with van der Waals surface area (Å²) in [6.07, 6.45) is 0. The fourth-order valence-corrected chi connectivity index (χ4v) is 3.92. The van der Waals surface area contributed by atoms with E-state index in [1.807, 2.05) is 0 Å². The molecule has 4 rings (SSSR count). The van der Waals surface area contributed by atoms with Crippen LogP contribution in [0.1, 0.15) is 41.1 Å². The number of aryl methyl sites for hydroxylation is 1. The van der Waals surface area contributed by atoms with Crippen molar-refractivity contribution >= 4 is 5.69 Å². The molecule has 1 heteroatoms. The highest BCUT2D eigenvalue weighted by Crippen LogP contribution is 2.49. The monoisotopic (exact) mass is 313 g/mol. The number of benzene rings is 3. The maximum atomic E-state index is 2.57. The molecular weight excluding hydrogens is 290 g/mol. The van der Waals surface area contributed by atoms with E-state index < -0.39 is 0 Å². The standard InChI is InChI=1S/C23H23N/c1-17-12-14-20(15-13-17)23-18(2)21-10-6-7-11-22(21)24(23)16-19-8-4-3-5-9-19/h3-15,18,23H,16H2,1-2H3. The maximum absolute atomic E-state index is 2.57. The summed E-state index contributed by atoms with van der Waals surface area (Å²) in [6.45, 7) is 5.45. The van der Waals surface area contributed by atoms with Crippen LogP contribution in [-0.4, -0.2) is 0 Å². The van der Waals surface area contributed by atoms with E-state index in [4.69, 9.17) is 0 Å². The number of rotatable bonds is 3. The van der Waals surface area contributed by atoms with E-state index in [0.29, 0.717) is 12.0 Å². The predicted octanol–water partition coefficient (Wildman–Crippen LogP) is 5.86. The van der Waals surface area contributed by atoms with Crippen LogP contribution in [0.5, 0.6) is 0 Å². The molecular formula is C23H23N. The number of fused-ring (bicyclic) bond motifs is 1. The summed E-state index contributed by atoms with van der Waals surface area (Å²) in [4.78, 5) is 2.57. The van der Waals surface area contributed by atoms with Gasteiger partial charge in [0.15, 0.2) is 0 Å². The molecule has 1 heterocycles. The van der Waals surface area contributed by atoms with Crippen LogP contribution < -0.4 is 4.90 Å². The molecule has 0 bridgehead atoms. The summed E-state index contributed by atoms with van der Waals surface area (Å²) in [5.74, 6) is 0.493. The smallest absolute Gasteiger partial charge is 0.0612 e. The third-order valence-corrected chi connectivity index (χ3v) is 5.16. The van der Waals surface area contributed by atoms with Crippen molar-refractivity contribution in [3.8, 4) is 0 Å². The molecule has 24 heavy (non-hydrogen) atoms. The lowest BCUT2D eigenvalue weighted by atomic mass is 9.91. The first-order valence-corrected chi connectivity index (χ1v) is 8.70. The molecule has 3 aromatic carbocycles. The number of hydrogen-bond donors (Lipinski definition) is 0. The van der Waals surface area contributed by atoms with Gasteiger partial charge in [0.2, 0.25) is 0 Å². The largest absolute Gasteiger partial charge is 0.359 e. The zero-order chi connectivity index (χ0) is 16.5. The molecule has 2 unspecified atom stereocenters. The topological polar surface area (TPSA) is 3.24 Å². The van der Waals surface area contributed by atoms with Crippen LogP contribution in [0.2, 0.25) is 0 Å². The molecule has 0 spiro atoms. The molecule has 1 nitrogen and oxygen atoms in total. The Morgan fingerprint density at radius 3 is 2.21 bits per heavy atom. The minimum atomic E-state index is 0.392. The van der Waals surface area contributed by atoms with Crippen molar-refractivity contribution < 1.29 is 0 Å². The van der Waals surface area contributed by atoms with Gasteiger partial charge >= 0.3 is 0 Å². The first-order chi connectivity index (χ1) is 11.7. The van der Waals surface area contributed by atoms with Crippen molar-refractivity contribution in [3.63, 3.8) is 0 Å². The van der Waals surface area contributed by atoms with Crippen molar-refractivity contribution in [1.29, 1.82) is 0 Å². The van der Waals surface area contributed by atoms with E-state index in [2.05, 4.69) is 97.6 Å². The van der Waals surface area contributed by atoms with Crippen LogP contribution in [-0.2, 0) is 6.54 Å². The number of hydrogen-bond acceptors (Lipinski definition) is 1. The molecule has 0 fully saturated rings. The minimum Gasteiger partial charge on any atom is -0.359 e. The van der Waals surface area contributed by atoms with Gasteiger partial charge in [0.25, 0.3) is 0 Å². The van der Waals surface area contributed by atoms with Gasteiger partial charge in [0, 0.05) is 18.2 Å². The molecule has 0 aliphatic carbocycles. The Morgan fingerprint density at radius 1 is 0.792 bits per heavy atom. The Morgan fingerprint density at radius 2 is 1.46 bits per heavy atom. The molecule has 0 saturated carbocycles. The molecule has 0 N–H and O–H groups in total. The number of nitrogens with zero attached hydrogens (tertiary/aromatic N) is 1. The Bertz CT molecular complexity index is 820. The van der Waals surface area contributed by atoms with Gasteiger partial charge in [-0.15, -0.1) is 0 Å². The lowest BCUT2D eigenvalue weighted by Crippen LogP contribution is -2.25. The van der Waals surface area contributed by atoms with Crippen LogP contribution in [0.25, 0.3) is 0 Å². The summed E-state index contributed by atoms with van der Waals surface area (Å²) in [6, 6.07) is 29.1. The molecule has 2 atom stereocenters. The zero-order valence-corrected chi connectivity index (χ0v) is 14.3. The average Bonchev–Trinajstić information content (AvgIpc) is 2.89. The van der Waals surface area contributed by atoms with Crippen molar-refractivity contribution in [2.75, 3.05) is 4.90 Å². The highest BCUT2D eigenvalue weighted by molar-refractivity contribution is 5.63. The molecule has 0 saturated heterocycles. The van der Waals surface area contributed by atoms with Gasteiger partial charge in [-0.2, -0.15) is 0 Å². The van der Waals surface area contributed by atoms with Crippen LogP contribution in [0, 0.1) is 6.92 Å². The zero-order valence-electron chi connectivity index (χ0n) is 14.3. The first-order valence-electron chi connectivity index (χ1n) is 8.70. The lowest BCUT2D eigenvalue weighted by molar-refractivity contribution is 0.576. The fraction of sp³-hybridized carbons (Fsp3) is 0.217. The molecule has 0 amide bonds. The Labute approximate surface area is 144 Å². The molecule has 3 aromatic rings. The molecule has 120 valence electrons. The van der Waals surface area contributed by atoms with E-state index in [1.54, 1.807) is 0 Å². The van der Waals surface area contributed by atoms with Crippen molar-refractivity contribution in [2.45, 2.75) is 32.4 Å². The number of anilines is 1. The second kappa shape index (κ2) is 6.16. The van der Waals surface area contributed by atoms with Crippen LogP contribution in [0.3, 0.4) is 0 Å². The van der Waals surface area contributed by atoms with Crippen molar-refractivity contribution in [2.24, 2.45) is 0 Å². The van der Waals surface area contributed by atoms with Gasteiger partial charge in [0.05, 0.1) is 6.04 Å². The molecule has 1 aliphatic rings. The van der Waals surface area contributed by atoms with E-state index in [0.717, 1.165) is 6.54 Å². The third kappa shape index (κ3) is 2.60. The Kier molecular flexibility index (Phi) is 3.86. The predicted molar refractivity (Wildman–Crippen MR) is 101 cm³/mol. The van der Waals surface area contributed by atoms with E-state index >= 15 is 0 Å². The van der Waals surface area contributed by atoms with Crippen LogP contribution >= 0.6 is 0 Å². The maximum Gasteiger partial charge on any atom is 0.0612 e. The highest BCUT2D eigenvalue weighted by Gasteiger charge is 2.36. The van der Waals surface area contributed by atoms with Gasteiger partial charge in [-0.25, -0.2) is 0 Å². The van der Waals surface area contributed by atoms with Gasteiger partial charge < -0.3 is 4.90 Å². The number of para-hydroxylation sites is 1. The summed E-state index contributed by atoms with van der Waals surface area (Å²) >= 11 is 0. The Hall–Kier alpha value is -2.54. The lowest BCUT2D eigenvalue weighted by Gasteiger charge is -2.30. The third-order valence-electron chi connectivity index (χ3n) is 5.16. The van der Waals surface area contributed by atoms with Gasteiger partial charge in [-0.3, -0.25) is 0 Å². The first kappa shape index (κ1) is 15.0. The highest BCUT2D eigenvalue weighted by atomic mass is 15.2. The van der Waals surface area contributed by atoms with Crippen LogP contribution in [0.15, 0.2) is 78.9 Å². The summed E-state index contributed by atoms with van der Waals surface area (Å²) in [5, 5.41) is 0. The SMILES string of the molecule is Cc1ccc(C2C(C)c3ccccc3N2Cc2ccccc2)cc1. The Balaban J connectivity index is 1.77. The fourth-order valence-electron chi connectivity index (χ4n) is 3.92. The van der Waals surface area contributed by atoms with Crippen molar-refractivity contribution in [3.05, 3.63) is 101 Å². The molecule has 0 aromatic heterocycles. The average molecular weight is 313 g/mol. The summed E-state index contributed by atoms with van der Waals surface area (Å²) in [7, 11) is 0. The van der Waals surface area contributed by atoms with Gasteiger partial charge in [-0.05, 0) is 29.7 Å². The quantitative estimate of drug-likeness (QED) is 0.585. The van der Waals surface area contributed by atoms with E-state index in [-0.39, 0.29) is 0 Å². The summed E-state index contributed by atoms with van der Waals surface area (Å²) in [5.41, 5.74) is 6.91. The normalized spacial score (nSPS) is 19.3. The van der Waals surface area contributed by atoms with Crippen LogP contribution in [0.4, 0.5) is 5.69 Å². The van der Waals surface area contributed by atoms with Gasteiger partial charge in [0.1, 0.15) is 0 Å². The van der Waals surface area contributed by atoms with E-state index in [1.165, 1.54) is 27.9 Å². The molecule has 0 radical (unpaired) electrons. The molecule has 1 aliphatic heterocycles. The van der Waals surface area contributed by atoms with E-state index in [9.17, 15) is 0 Å². The second-order valence-corrected chi connectivity index (χ2v) is 6.82. The second-order valence-electron chi connectivity index (χ2n) is 6.82.